The summed E-state index contributed by atoms with van der Waals surface area (Å²) >= 11 is 12.1. The van der Waals surface area contributed by atoms with Crippen molar-refractivity contribution in [2.45, 2.75) is 112 Å². The molecule has 5 fully saturated rings. The van der Waals surface area contributed by atoms with E-state index in [0.29, 0.717) is 57.4 Å². The SMILES string of the molecule is O=C(COC1CCC(Cl)C(F)C1)NC12CCC(C(=O)NCC3CCC(Cl)CC3)(CC1)C(O)C2. The Kier molecular flexibility index (Phi) is 8.14. The second kappa shape index (κ2) is 10.5. The van der Waals surface area contributed by atoms with Gasteiger partial charge in [-0.25, -0.2) is 4.39 Å². The van der Waals surface area contributed by atoms with Gasteiger partial charge in [0.2, 0.25) is 11.8 Å². The van der Waals surface area contributed by atoms with Crippen LogP contribution < -0.4 is 10.6 Å². The van der Waals surface area contributed by atoms with Crippen LogP contribution >= 0.6 is 23.2 Å². The van der Waals surface area contributed by atoms with Gasteiger partial charge in [0, 0.05) is 23.9 Å². The summed E-state index contributed by atoms with van der Waals surface area (Å²) in [7, 11) is 0. The molecule has 2 amide bonds. The molecule has 0 aromatic carbocycles. The lowest BCUT2D eigenvalue weighted by atomic mass is 9.55. The van der Waals surface area contributed by atoms with E-state index in [0.717, 1.165) is 25.7 Å². The van der Waals surface area contributed by atoms with Crippen LogP contribution in [0.25, 0.3) is 0 Å². The van der Waals surface area contributed by atoms with Crippen molar-refractivity contribution in [1.82, 2.24) is 10.6 Å². The van der Waals surface area contributed by atoms with Gasteiger partial charge in [-0.1, -0.05) is 0 Å². The first kappa shape index (κ1) is 25.5. The standard InChI is InChI=1S/C24H37Cl2FN2O4/c25-16-3-1-15(2-4-16)13-28-22(32)24-9-7-23(8-10-24,12-20(24)30)29-21(31)14-33-17-5-6-18(26)19(27)11-17/h15-20,30H,1-14H2,(H,28,32)(H,29,31). The van der Waals surface area contributed by atoms with Crippen LogP contribution in [0.2, 0.25) is 0 Å². The summed E-state index contributed by atoms with van der Waals surface area (Å²) in [4.78, 5) is 25.7. The fraction of sp³-hybridized carbons (Fsp3) is 0.917. The van der Waals surface area contributed by atoms with Crippen LogP contribution in [0.5, 0.6) is 0 Å². The van der Waals surface area contributed by atoms with Crippen molar-refractivity contribution in [2.75, 3.05) is 13.2 Å². The minimum Gasteiger partial charge on any atom is -0.392 e. The second-order valence-corrected chi connectivity index (χ2v) is 12.0. The van der Waals surface area contributed by atoms with E-state index < -0.39 is 28.6 Å². The monoisotopic (exact) mass is 506 g/mol. The van der Waals surface area contributed by atoms with E-state index in [9.17, 15) is 19.1 Å². The number of amides is 2. The number of aliphatic hydroxyl groups is 1. The molecule has 5 saturated carbocycles. The normalized spacial score (nSPS) is 43.2. The van der Waals surface area contributed by atoms with Crippen molar-refractivity contribution in [2.24, 2.45) is 11.3 Å². The summed E-state index contributed by atoms with van der Waals surface area (Å²) in [6.45, 7) is 0.514. The quantitative estimate of drug-likeness (QED) is 0.460. The predicted octanol–water partition coefficient (Wildman–Crippen LogP) is 3.59. The number of rotatable bonds is 7. The number of carbonyl (C=O) groups excluding carboxylic acids is 2. The molecule has 188 valence electrons. The molecule has 0 aliphatic heterocycles. The van der Waals surface area contributed by atoms with Crippen molar-refractivity contribution < 1.29 is 23.8 Å². The van der Waals surface area contributed by atoms with E-state index in [1.54, 1.807) is 0 Å². The molecule has 0 aromatic heterocycles. The first-order valence-electron chi connectivity index (χ1n) is 12.5. The molecule has 0 spiro atoms. The Hall–Kier alpha value is -0.630. The highest BCUT2D eigenvalue weighted by molar-refractivity contribution is 6.21. The van der Waals surface area contributed by atoms with Gasteiger partial charge in [-0.2, -0.15) is 0 Å². The number of halogens is 3. The van der Waals surface area contributed by atoms with Crippen molar-refractivity contribution >= 4 is 35.0 Å². The number of aliphatic hydroxyl groups excluding tert-OH is 1. The smallest absolute Gasteiger partial charge is 0.246 e. The number of nitrogens with one attached hydrogen (secondary N) is 2. The first-order chi connectivity index (χ1) is 15.7. The summed E-state index contributed by atoms with van der Waals surface area (Å²) in [5, 5.41) is 16.9. The van der Waals surface area contributed by atoms with Gasteiger partial charge in [0.25, 0.3) is 0 Å². The predicted molar refractivity (Wildman–Crippen MR) is 125 cm³/mol. The van der Waals surface area contributed by atoms with Gasteiger partial charge in [-0.05, 0) is 76.5 Å². The third-order valence-electron chi connectivity index (χ3n) is 8.60. The number of hydrogen-bond donors (Lipinski definition) is 3. The molecule has 5 rings (SSSR count). The molecule has 33 heavy (non-hydrogen) atoms. The van der Waals surface area contributed by atoms with Crippen molar-refractivity contribution in [3.63, 3.8) is 0 Å². The van der Waals surface area contributed by atoms with E-state index in [-0.39, 0.29) is 36.3 Å². The molecule has 0 heterocycles. The Labute approximate surface area is 205 Å². The Bertz CT molecular complexity index is 711. The third-order valence-corrected chi connectivity index (χ3v) is 9.53. The van der Waals surface area contributed by atoms with Crippen LogP contribution in [0, 0.1) is 11.3 Å². The van der Waals surface area contributed by atoms with Gasteiger partial charge in [0.15, 0.2) is 0 Å². The molecule has 6 nitrogen and oxygen atoms in total. The van der Waals surface area contributed by atoms with Crippen LogP contribution in [0.1, 0.15) is 77.0 Å². The van der Waals surface area contributed by atoms with E-state index in [4.69, 9.17) is 27.9 Å². The van der Waals surface area contributed by atoms with Gasteiger partial charge in [0.05, 0.1) is 23.0 Å². The Balaban J connectivity index is 1.23. The van der Waals surface area contributed by atoms with E-state index in [2.05, 4.69) is 10.6 Å². The lowest BCUT2D eigenvalue weighted by Gasteiger charge is -2.55. The second-order valence-electron chi connectivity index (χ2n) is 10.8. The molecule has 5 aliphatic carbocycles. The average Bonchev–Trinajstić information content (AvgIpc) is 2.80. The zero-order chi connectivity index (χ0) is 23.6. The molecular formula is C24H37Cl2FN2O4. The minimum absolute atomic E-state index is 0.0540. The van der Waals surface area contributed by atoms with Gasteiger partial charge in [-0.3, -0.25) is 9.59 Å². The number of hydrogen-bond acceptors (Lipinski definition) is 4. The van der Waals surface area contributed by atoms with Crippen LogP contribution in [0.3, 0.4) is 0 Å². The third kappa shape index (κ3) is 5.79. The highest BCUT2D eigenvalue weighted by Gasteiger charge is 2.58. The van der Waals surface area contributed by atoms with Crippen LogP contribution in [0.15, 0.2) is 0 Å². The summed E-state index contributed by atoms with van der Waals surface area (Å²) < 4.78 is 19.4. The van der Waals surface area contributed by atoms with E-state index in [1.807, 2.05) is 0 Å². The lowest BCUT2D eigenvalue weighted by Crippen LogP contribution is -2.65. The summed E-state index contributed by atoms with van der Waals surface area (Å²) in [5.41, 5.74) is -1.26. The van der Waals surface area contributed by atoms with Gasteiger partial charge < -0.3 is 20.5 Å². The van der Waals surface area contributed by atoms with E-state index >= 15 is 0 Å². The highest BCUT2D eigenvalue weighted by Crippen LogP contribution is 2.52. The molecule has 4 unspecified atom stereocenters. The summed E-state index contributed by atoms with van der Waals surface area (Å²) in [6.07, 6.45) is 6.06. The van der Waals surface area contributed by atoms with E-state index in [1.165, 1.54) is 0 Å². The number of alkyl halides is 3. The van der Waals surface area contributed by atoms with Crippen LogP contribution in [-0.4, -0.2) is 64.7 Å². The van der Waals surface area contributed by atoms with Crippen molar-refractivity contribution in [3.05, 3.63) is 0 Å². The maximum Gasteiger partial charge on any atom is 0.246 e. The lowest BCUT2D eigenvalue weighted by molar-refractivity contribution is -0.157. The first-order valence-corrected chi connectivity index (χ1v) is 13.4. The number of ether oxygens (including phenoxy) is 1. The van der Waals surface area contributed by atoms with Crippen LogP contribution in [-0.2, 0) is 14.3 Å². The topological polar surface area (TPSA) is 87.7 Å². The molecule has 9 heteroatoms. The number of carbonyl (C=O) groups is 2. The Morgan fingerprint density at radius 2 is 1.73 bits per heavy atom. The number of fused-ring (bicyclic) bond motifs is 3. The van der Waals surface area contributed by atoms with Crippen molar-refractivity contribution in [1.29, 1.82) is 0 Å². The summed E-state index contributed by atoms with van der Waals surface area (Å²) in [6, 6.07) is 0. The fourth-order valence-electron chi connectivity index (χ4n) is 6.29. The fourth-order valence-corrected chi connectivity index (χ4v) is 6.77. The molecule has 0 saturated heterocycles. The van der Waals surface area contributed by atoms with Crippen molar-refractivity contribution in [3.8, 4) is 0 Å². The summed E-state index contributed by atoms with van der Waals surface area (Å²) in [5.74, 6) is 0.149. The zero-order valence-electron chi connectivity index (χ0n) is 19.2. The van der Waals surface area contributed by atoms with Gasteiger partial charge in [-0.15, -0.1) is 23.2 Å². The minimum atomic E-state index is -1.10. The average molecular weight is 507 g/mol. The molecule has 4 atom stereocenters. The molecule has 2 bridgehead atoms. The molecular weight excluding hydrogens is 470 g/mol. The van der Waals surface area contributed by atoms with Crippen LogP contribution in [0.4, 0.5) is 4.39 Å². The largest absolute Gasteiger partial charge is 0.392 e. The Morgan fingerprint density at radius 3 is 2.36 bits per heavy atom. The van der Waals surface area contributed by atoms with Gasteiger partial charge in [0.1, 0.15) is 12.8 Å². The molecule has 0 aromatic rings. The zero-order valence-corrected chi connectivity index (χ0v) is 20.7. The maximum absolute atomic E-state index is 13.8. The van der Waals surface area contributed by atoms with Gasteiger partial charge >= 0.3 is 0 Å². The molecule has 0 radical (unpaired) electrons. The molecule has 5 aliphatic rings. The maximum atomic E-state index is 13.8. The Morgan fingerprint density at radius 1 is 1.03 bits per heavy atom. The molecule has 3 N–H and O–H groups in total. The highest BCUT2D eigenvalue weighted by atomic mass is 35.5.